The van der Waals surface area contributed by atoms with Crippen LogP contribution in [0.1, 0.15) is 52.4 Å². The highest BCUT2D eigenvalue weighted by atomic mass is 15.4. The van der Waals surface area contributed by atoms with Gasteiger partial charge >= 0.3 is 0 Å². The Labute approximate surface area is 126 Å². The summed E-state index contributed by atoms with van der Waals surface area (Å²) in [6.07, 6.45) is 6.94. The molecule has 21 heavy (non-hydrogen) atoms. The van der Waals surface area contributed by atoms with Crippen molar-refractivity contribution in [3.63, 3.8) is 0 Å². The fourth-order valence-electron chi connectivity index (χ4n) is 2.64. The summed E-state index contributed by atoms with van der Waals surface area (Å²) in [6.45, 7) is 6.35. The van der Waals surface area contributed by atoms with Crippen LogP contribution in [-0.4, -0.2) is 34.1 Å². The highest BCUT2D eigenvalue weighted by molar-refractivity contribution is 5.43. The van der Waals surface area contributed by atoms with Crippen molar-refractivity contribution < 1.29 is 0 Å². The van der Waals surface area contributed by atoms with Crippen LogP contribution in [0.3, 0.4) is 0 Å². The summed E-state index contributed by atoms with van der Waals surface area (Å²) < 4.78 is 0. The van der Waals surface area contributed by atoms with Crippen molar-refractivity contribution in [1.82, 2.24) is 15.0 Å². The molecule has 2 heterocycles. The Bertz CT molecular complexity index is 431. The van der Waals surface area contributed by atoms with Gasteiger partial charge in [0.1, 0.15) is 0 Å². The first-order chi connectivity index (χ1) is 10.3. The Balaban J connectivity index is 2.16. The van der Waals surface area contributed by atoms with Crippen LogP contribution in [0.15, 0.2) is 0 Å². The summed E-state index contributed by atoms with van der Waals surface area (Å²) in [7, 11) is 0. The minimum atomic E-state index is 0.386. The van der Waals surface area contributed by atoms with E-state index in [1.165, 1.54) is 19.3 Å². The van der Waals surface area contributed by atoms with Gasteiger partial charge in [0, 0.05) is 19.1 Å². The fraction of sp³-hybridized carbons (Fsp3) is 0.786. The topological polar surface area (TPSA) is 92.0 Å². The Morgan fingerprint density at radius 1 is 1.10 bits per heavy atom. The average molecular weight is 293 g/mol. The molecule has 0 radical (unpaired) electrons. The van der Waals surface area contributed by atoms with E-state index in [9.17, 15) is 0 Å². The van der Waals surface area contributed by atoms with E-state index in [1.807, 2.05) is 0 Å². The Morgan fingerprint density at radius 3 is 2.43 bits per heavy atom. The van der Waals surface area contributed by atoms with Gasteiger partial charge in [0.05, 0.1) is 0 Å². The number of nitrogens with one attached hydrogen (secondary N) is 2. The number of hydrazine groups is 1. The lowest BCUT2D eigenvalue weighted by Crippen LogP contribution is -2.32. The number of anilines is 3. The predicted molar refractivity (Wildman–Crippen MR) is 86.3 cm³/mol. The zero-order valence-electron chi connectivity index (χ0n) is 13.1. The second-order valence-electron chi connectivity index (χ2n) is 5.51. The van der Waals surface area contributed by atoms with E-state index in [-0.39, 0.29) is 0 Å². The maximum atomic E-state index is 5.49. The molecule has 1 atom stereocenters. The van der Waals surface area contributed by atoms with E-state index in [4.69, 9.17) is 5.84 Å². The van der Waals surface area contributed by atoms with Crippen LogP contribution in [0.5, 0.6) is 0 Å². The van der Waals surface area contributed by atoms with Gasteiger partial charge in [-0.3, -0.25) is 5.43 Å². The molecule has 4 N–H and O–H groups in total. The molecule has 0 saturated carbocycles. The molecule has 2 rings (SSSR count). The average Bonchev–Trinajstić information content (AvgIpc) is 2.55. The third-order valence-corrected chi connectivity index (χ3v) is 3.85. The van der Waals surface area contributed by atoms with Crippen molar-refractivity contribution in [2.24, 2.45) is 5.84 Å². The van der Waals surface area contributed by atoms with E-state index < -0.39 is 0 Å². The SMILES string of the molecule is CCCC(CC)Nc1nc(NN)nc(N2CCCCC2)n1. The molecule has 1 saturated heterocycles. The molecule has 1 aromatic heterocycles. The van der Waals surface area contributed by atoms with Crippen molar-refractivity contribution in [2.45, 2.75) is 58.4 Å². The molecule has 0 aliphatic carbocycles. The molecule has 0 amide bonds. The van der Waals surface area contributed by atoms with Crippen LogP contribution in [0.2, 0.25) is 0 Å². The highest BCUT2D eigenvalue weighted by Gasteiger charge is 2.17. The van der Waals surface area contributed by atoms with Crippen LogP contribution in [0, 0.1) is 0 Å². The highest BCUT2D eigenvalue weighted by Crippen LogP contribution is 2.19. The number of nitrogens with zero attached hydrogens (tertiary/aromatic N) is 4. The molecule has 0 bridgehead atoms. The Morgan fingerprint density at radius 2 is 1.81 bits per heavy atom. The lowest BCUT2D eigenvalue weighted by atomic mass is 10.1. The van der Waals surface area contributed by atoms with Crippen molar-refractivity contribution >= 4 is 17.8 Å². The molecule has 1 aliphatic heterocycles. The molecule has 7 heteroatoms. The summed E-state index contributed by atoms with van der Waals surface area (Å²) in [4.78, 5) is 15.5. The van der Waals surface area contributed by atoms with E-state index in [1.54, 1.807) is 0 Å². The predicted octanol–water partition coefficient (Wildman–Crippen LogP) is 2.14. The lowest BCUT2D eigenvalue weighted by Gasteiger charge is -2.27. The molecule has 1 fully saturated rings. The van der Waals surface area contributed by atoms with Crippen molar-refractivity contribution in [3.05, 3.63) is 0 Å². The maximum absolute atomic E-state index is 5.49. The molecule has 0 spiro atoms. The molecule has 118 valence electrons. The third kappa shape index (κ3) is 4.42. The smallest absolute Gasteiger partial charge is 0.243 e. The van der Waals surface area contributed by atoms with Gasteiger partial charge in [-0.15, -0.1) is 0 Å². The number of hydrogen-bond donors (Lipinski definition) is 3. The minimum Gasteiger partial charge on any atom is -0.351 e. The molecule has 0 aromatic carbocycles. The number of piperidine rings is 1. The molecule has 1 unspecified atom stereocenters. The summed E-state index contributed by atoms with van der Waals surface area (Å²) in [6, 6.07) is 0.386. The van der Waals surface area contributed by atoms with Gasteiger partial charge in [0.15, 0.2) is 0 Å². The normalized spacial score (nSPS) is 16.6. The quantitative estimate of drug-likeness (QED) is 0.524. The number of aromatic nitrogens is 3. The molecular weight excluding hydrogens is 266 g/mol. The number of rotatable bonds is 7. The Hall–Kier alpha value is -1.63. The van der Waals surface area contributed by atoms with Gasteiger partial charge < -0.3 is 10.2 Å². The zero-order chi connectivity index (χ0) is 15.1. The first-order valence-electron chi connectivity index (χ1n) is 8.01. The first-order valence-corrected chi connectivity index (χ1v) is 8.01. The monoisotopic (exact) mass is 293 g/mol. The Kier molecular flexibility index (Phi) is 5.98. The number of hydrogen-bond acceptors (Lipinski definition) is 7. The maximum Gasteiger partial charge on any atom is 0.243 e. The molecular formula is C14H27N7. The van der Waals surface area contributed by atoms with Gasteiger partial charge in [-0.2, -0.15) is 15.0 Å². The second kappa shape index (κ2) is 7.97. The zero-order valence-corrected chi connectivity index (χ0v) is 13.1. The van der Waals surface area contributed by atoms with Gasteiger partial charge in [0.2, 0.25) is 17.8 Å². The lowest BCUT2D eigenvalue weighted by molar-refractivity contribution is 0.566. The van der Waals surface area contributed by atoms with Gasteiger partial charge in [-0.1, -0.05) is 20.3 Å². The van der Waals surface area contributed by atoms with E-state index in [0.29, 0.717) is 23.9 Å². The van der Waals surface area contributed by atoms with Crippen molar-refractivity contribution in [3.8, 4) is 0 Å². The summed E-state index contributed by atoms with van der Waals surface area (Å²) in [5.41, 5.74) is 2.54. The van der Waals surface area contributed by atoms with Crippen LogP contribution in [-0.2, 0) is 0 Å². The molecule has 1 aromatic rings. The third-order valence-electron chi connectivity index (χ3n) is 3.85. The van der Waals surface area contributed by atoms with Crippen LogP contribution >= 0.6 is 0 Å². The van der Waals surface area contributed by atoms with Gasteiger partial charge in [-0.05, 0) is 32.1 Å². The van der Waals surface area contributed by atoms with Gasteiger partial charge in [-0.25, -0.2) is 5.84 Å². The largest absolute Gasteiger partial charge is 0.351 e. The summed E-state index contributed by atoms with van der Waals surface area (Å²) in [5, 5.41) is 3.40. The summed E-state index contributed by atoms with van der Waals surface area (Å²) in [5.74, 6) is 7.23. The molecule has 7 nitrogen and oxygen atoms in total. The van der Waals surface area contributed by atoms with Crippen LogP contribution in [0.4, 0.5) is 17.8 Å². The van der Waals surface area contributed by atoms with E-state index in [0.717, 1.165) is 32.4 Å². The standard InChI is InChI=1S/C14H27N7/c1-3-8-11(4-2)16-12-17-13(20-15)19-14(18-12)21-9-6-5-7-10-21/h11H,3-10,15H2,1-2H3,(H2,16,17,18,19,20). The number of nitrogens with two attached hydrogens (primary N) is 1. The number of nitrogen functional groups attached to an aromatic ring is 1. The second-order valence-corrected chi connectivity index (χ2v) is 5.51. The molecule has 1 aliphatic rings. The first kappa shape index (κ1) is 15.8. The summed E-state index contributed by atoms with van der Waals surface area (Å²) >= 11 is 0. The fourth-order valence-corrected chi connectivity index (χ4v) is 2.64. The van der Waals surface area contributed by atoms with E-state index >= 15 is 0 Å². The van der Waals surface area contributed by atoms with Crippen molar-refractivity contribution in [2.75, 3.05) is 28.7 Å². The van der Waals surface area contributed by atoms with E-state index in [2.05, 4.69) is 44.4 Å². The minimum absolute atomic E-state index is 0.386. The van der Waals surface area contributed by atoms with Gasteiger partial charge in [0.25, 0.3) is 0 Å². The van der Waals surface area contributed by atoms with Crippen LogP contribution < -0.4 is 21.5 Å². The van der Waals surface area contributed by atoms with Crippen LogP contribution in [0.25, 0.3) is 0 Å². The van der Waals surface area contributed by atoms with Crippen molar-refractivity contribution in [1.29, 1.82) is 0 Å².